The second kappa shape index (κ2) is 9.72. The second-order valence-electron chi connectivity index (χ2n) is 7.60. The number of aromatic nitrogens is 2. The normalized spacial score (nSPS) is 16.1. The van der Waals surface area contributed by atoms with E-state index in [1.165, 1.54) is 28.9 Å². The van der Waals surface area contributed by atoms with Crippen molar-refractivity contribution in [3.8, 4) is 5.69 Å². The zero-order chi connectivity index (χ0) is 22.5. The number of benzene rings is 1. The first-order chi connectivity index (χ1) is 14.8. The van der Waals surface area contributed by atoms with Crippen molar-refractivity contribution in [2.45, 2.75) is 26.7 Å². The molecule has 2 amide bonds. The lowest BCUT2D eigenvalue weighted by molar-refractivity contribution is -0.151. The van der Waals surface area contributed by atoms with E-state index in [9.17, 15) is 18.8 Å². The second-order valence-corrected chi connectivity index (χ2v) is 7.60. The molecule has 1 aliphatic heterocycles. The molecule has 0 radical (unpaired) electrons. The number of esters is 1. The van der Waals surface area contributed by atoms with Crippen molar-refractivity contribution in [1.82, 2.24) is 19.6 Å². The standard InChI is InChI=1S/C22H27FN4O4/c1-4-31-22(30)16-8-7-11-26(13-16)20(28)14-25(3)21(29)17-12-24-27(15(17)2)19-10-6-5-9-18(19)23/h5-6,9-10,12,16H,4,7-8,11,13-14H2,1-3H3. The van der Waals surface area contributed by atoms with E-state index in [1.54, 1.807) is 36.9 Å². The Morgan fingerprint density at radius 3 is 2.74 bits per heavy atom. The smallest absolute Gasteiger partial charge is 0.310 e. The third kappa shape index (κ3) is 4.92. The number of likely N-dealkylation sites (N-methyl/N-ethyl adjacent to an activating group) is 1. The lowest BCUT2D eigenvalue weighted by Crippen LogP contribution is -2.47. The molecular weight excluding hydrogens is 403 g/mol. The highest BCUT2D eigenvalue weighted by molar-refractivity contribution is 5.97. The number of halogens is 1. The summed E-state index contributed by atoms with van der Waals surface area (Å²) in [5.41, 5.74) is 1.02. The third-order valence-electron chi connectivity index (χ3n) is 5.43. The molecule has 1 unspecified atom stereocenters. The molecule has 1 saturated heterocycles. The molecule has 9 heteroatoms. The lowest BCUT2D eigenvalue weighted by atomic mass is 9.98. The molecule has 166 valence electrons. The Labute approximate surface area is 180 Å². The van der Waals surface area contributed by atoms with Gasteiger partial charge in [-0.1, -0.05) is 12.1 Å². The Hall–Kier alpha value is -3.23. The van der Waals surface area contributed by atoms with Crippen molar-refractivity contribution in [2.24, 2.45) is 5.92 Å². The molecule has 2 aromatic rings. The Morgan fingerprint density at radius 2 is 2.03 bits per heavy atom. The maximum Gasteiger partial charge on any atom is 0.310 e. The van der Waals surface area contributed by atoms with E-state index in [-0.39, 0.29) is 35.9 Å². The maximum absolute atomic E-state index is 14.1. The van der Waals surface area contributed by atoms with Gasteiger partial charge in [-0.3, -0.25) is 14.4 Å². The number of hydrogen-bond acceptors (Lipinski definition) is 5. The van der Waals surface area contributed by atoms with Crippen molar-refractivity contribution in [3.63, 3.8) is 0 Å². The van der Waals surface area contributed by atoms with E-state index >= 15 is 0 Å². The minimum atomic E-state index is -0.447. The van der Waals surface area contributed by atoms with Gasteiger partial charge < -0.3 is 14.5 Å². The van der Waals surface area contributed by atoms with Crippen LogP contribution in [0.4, 0.5) is 4.39 Å². The molecule has 1 aromatic carbocycles. The minimum Gasteiger partial charge on any atom is -0.466 e. The molecule has 1 fully saturated rings. The summed E-state index contributed by atoms with van der Waals surface area (Å²) in [5, 5.41) is 4.15. The summed E-state index contributed by atoms with van der Waals surface area (Å²) >= 11 is 0. The summed E-state index contributed by atoms with van der Waals surface area (Å²) in [6.45, 7) is 4.45. The number of amides is 2. The fourth-order valence-electron chi connectivity index (χ4n) is 3.72. The van der Waals surface area contributed by atoms with E-state index in [2.05, 4.69) is 5.10 Å². The fraction of sp³-hybridized carbons (Fsp3) is 0.455. The first-order valence-corrected chi connectivity index (χ1v) is 10.3. The van der Waals surface area contributed by atoms with Gasteiger partial charge in [0.25, 0.3) is 5.91 Å². The van der Waals surface area contributed by atoms with Crippen LogP contribution in [0.1, 0.15) is 35.8 Å². The summed E-state index contributed by atoms with van der Waals surface area (Å²) in [5.74, 6) is -1.69. The predicted octanol–water partition coefficient (Wildman–Crippen LogP) is 2.19. The molecule has 31 heavy (non-hydrogen) atoms. The van der Waals surface area contributed by atoms with E-state index in [4.69, 9.17) is 4.74 Å². The van der Waals surface area contributed by atoms with Crippen molar-refractivity contribution in [3.05, 3.63) is 47.5 Å². The SMILES string of the molecule is CCOC(=O)C1CCCN(C(=O)CN(C)C(=O)c2cnn(-c3ccccc3F)c2C)C1. The number of para-hydroxylation sites is 1. The van der Waals surface area contributed by atoms with Crippen molar-refractivity contribution in [2.75, 3.05) is 33.3 Å². The fourth-order valence-corrected chi connectivity index (χ4v) is 3.72. The zero-order valence-corrected chi connectivity index (χ0v) is 18.0. The molecular formula is C22H27FN4O4. The van der Waals surface area contributed by atoms with Crippen LogP contribution in [0.2, 0.25) is 0 Å². The van der Waals surface area contributed by atoms with E-state index in [0.717, 1.165) is 0 Å². The van der Waals surface area contributed by atoms with Gasteiger partial charge in [-0.15, -0.1) is 0 Å². The van der Waals surface area contributed by atoms with E-state index in [0.29, 0.717) is 43.8 Å². The van der Waals surface area contributed by atoms with Gasteiger partial charge in [-0.25, -0.2) is 9.07 Å². The van der Waals surface area contributed by atoms with E-state index in [1.807, 2.05) is 0 Å². The number of ether oxygens (including phenoxy) is 1. The summed E-state index contributed by atoms with van der Waals surface area (Å²) < 4.78 is 20.5. The van der Waals surface area contributed by atoms with Crippen LogP contribution >= 0.6 is 0 Å². The van der Waals surface area contributed by atoms with Gasteiger partial charge in [0, 0.05) is 20.1 Å². The van der Waals surface area contributed by atoms with E-state index < -0.39 is 5.82 Å². The number of likely N-dealkylation sites (tertiary alicyclic amines) is 1. The molecule has 0 N–H and O–H groups in total. The Kier molecular flexibility index (Phi) is 7.04. The van der Waals surface area contributed by atoms with Crippen molar-refractivity contribution >= 4 is 17.8 Å². The van der Waals surface area contributed by atoms with Crippen LogP contribution in [-0.4, -0.2) is 70.7 Å². The molecule has 0 bridgehead atoms. The van der Waals surface area contributed by atoms with Crippen LogP contribution < -0.4 is 0 Å². The predicted molar refractivity (Wildman–Crippen MR) is 111 cm³/mol. The Balaban J connectivity index is 1.66. The summed E-state index contributed by atoms with van der Waals surface area (Å²) in [7, 11) is 1.53. The molecule has 0 saturated carbocycles. The van der Waals surface area contributed by atoms with Crippen molar-refractivity contribution < 1.29 is 23.5 Å². The maximum atomic E-state index is 14.1. The first kappa shape index (κ1) is 22.5. The van der Waals surface area contributed by atoms with Gasteiger partial charge >= 0.3 is 5.97 Å². The monoisotopic (exact) mass is 430 g/mol. The first-order valence-electron chi connectivity index (χ1n) is 10.3. The number of piperidine rings is 1. The largest absolute Gasteiger partial charge is 0.466 e. The number of rotatable bonds is 6. The highest BCUT2D eigenvalue weighted by Crippen LogP contribution is 2.20. The topological polar surface area (TPSA) is 84.7 Å². The van der Waals surface area contributed by atoms with Crippen molar-refractivity contribution in [1.29, 1.82) is 0 Å². The average Bonchev–Trinajstić information content (AvgIpc) is 3.14. The zero-order valence-electron chi connectivity index (χ0n) is 18.0. The summed E-state index contributed by atoms with van der Waals surface area (Å²) in [4.78, 5) is 40.6. The van der Waals surface area contributed by atoms with Gasteiger partial charge in [0.2, 0.25) is 5.91 Å². The minimum absolute atomic E-state index is 0.126. The van der Waals surface area contributed by atoms with Crippen LogP contribution in [0, 0.1) is 18.7 Å². The average molecular weight is 430 g/mol. The third-order valence-corrected chi connectivity index (χ3v) is 5.43. The van der Waals surface area contributed by atoms with Crippen LogP contribution in [0.15, 0.2) is 30.5 Å². The quantitative estimate of drug-likeness (QED) is 0.656. The number of carbonyl (C=O) groups is 3. The van der Waals surface area contributed by atoms with Crippen LogP contribution in [0.25, 0.3) is 5.69 Å². The molecule has 0 aliphatic carbocycles. The summed E-state index contributed by atoms with van der Waals surface area (Å²) in [6.07, 6.45) is 2.77. The number of hydrogen-bond donors (Lipinski definition) is 0. The van der Waals surface area contributed by atoms with Crippen LogP contribution in [-0.2, 0) is 14.3 Å². The highest BCUT2D eigenvalue weighted by Gasteiger charge is 2.30. The number of carbonyl (C=O) groups excluding carboxylic acids is 3. The molecule has 1 atom stereocenters. The Morgan fingerprint density at radius 1 is 1.29 bits per heavy atom. The highest BCUT2D eigenvalue weighted by atomic mass is 19.1. The molecule has 1 aromatic heterocycles. The number of nitrogens with zero attached hydrogens (tertiary/aromatic N) is 4. The van der Waals surface area contributed by atoms with Gasteiger partial charge in [-0.2, -0.15) is 5.10 Å². The van der Waals surface area contributed by atoms with Gasteiger partial charge in [0.05, 0.1) is 36.5 Å². The van der Waals surface area contributed by atoms with Crippen LogP contribution in [0.3, 0.4) is 0 Å². The van der Waals surface area contributed by atoms with Crippen LogP contribution in [0.5, 0.6) is 0 Å². The van der Waals surface area contributed by atoms with Gasteiger partial charge in [-0.05, 0) is 38.8 Å². The molecule has 1 aliphatic rings. The molecule has 0 spiro atoms. The Bertz CT molecular complexity index is 974. The van der Waals surface area contributed by atoms with Gasteiger partial charge in [0.15, 0.2) is 0 Å². The molecule has 8 nitrogen and oxygen atoms in total. The molecule has 2 heterocycles. The lowest BCUT2D eigenvalue weighted by Gasteiger charge is -2.32. The summed E-state index contributed by atoms with van der Waals surface area (Å²) in [6, 6.07) is 6.17. The van der Waals surface area contributed by atoms with Gasteiger partial charge in [0.1, 0.15) is 11.5 Å². The molecule has 3 rings (SSSR count).